The molecule has 0 amide bonds. The van der Waals surface area contributed by atoms with Crippen LogP contribution < -0.4 is 10.6 Å². The fraction of sp³-hybridized carbons (Fsp3) is 0.600. The van der Waals surface area contributed by atoms with Crippen molar-refractivity contribution in [3.8, 4) is 0 Å². The Morgan fingerprint density at radius 2 is 1.76 bits per heavy atom. The second kappa shape index (κ2) is 6.06. The molecule has 0 spiro atoms. The topological polar surface area (TPSA) is 29.3 Å². The molecule has 2 nitrogen and oxygen atoms in total. The average molecular weight is 232 g/mol. The minimum atomic E-state index is 0.579. The van der Waals surface area contributed by atoms with Crippen molar-refractivity contribution < 1.29 is 0 Å². The number of rotatable bonds is 4. The molecular formula is C15H24N2. The molecule has 1 aliphatic rings. The van der Waals surface area contributed by atoms with E-state index in [1.807, 2.05) is 0 Å². The maximum absolute atomic E-state index is 5.61. The summed E-state index contributed by atoms with van der Waals surface area (Å²) in [6, 6.07) is 9.08. The Bertz CT molecular complexity index is 325. The predicted molar refractivity (Wildman–Crippen MR) is 74.6 cm³/mol. The lowest BCUT2D eigenvalue weighted by Crippen LogP contribution is -2.29. The summed E-state index contributed by atoms with van der Waals surface area (Å²) < 4.78 is 0. The van der Waals surface area contributed by atoms with Crippen LogP contribution in [0, 0.1) is 0 Å². The van der Waals surface area contributed by atoms with Gasteiger partial charge in [0.05, 0.1) is 0 Å². The SMILES string of the molecule is CC(CCN)c1ccc(N2CCCCC2)cc1. The molecule has 2 heteroatoms. The van der Waals surface area contributed by atoms with Crippen molar-refractivity contribution >= 4 is 5.69 Å². The normalized spacial score (nSPS) is 18.1. The van der Waals surface area contributed by atoms with Crippen LogP contribution >= 0.6 is 0 Å². The van der Waals surface area contributed by atoms with Crippen molar-refractivity contribution in [2.75, 3.05) is 24.5 Å². The minimum Gasteiger partial charge on any atom is -0.372 e. The summed E-state index contributed by atoms with van der Waals surface area (Å²) in [6.07, 6.45) is 5.14. The van der Waals surface area contributed by atoms with Gasteiger partial charge >= 0.3 is 0 Å². The van der Waals surface area contributed by atoms with E-state index in [2.05, 4.69) is 36.1 Å². The van der Waals surface area contributed by atoms with Crippen LogP contribution in [0.4, 0.5) is 5.69 Å². The zero-order chi connectivity index (χ0) is 12.1. The third-order valence-corrected chi connectivity index (χ3v) is 3.78. The molecule has 1 unspecified atom stereocenters. The van der Waals surface area contributed by atoms with Gasteiger partial charge in [0.25, 0.3) is 0 Å². The van der Waals surface area contributed by atoms with E-state index >= 15 is 0 Å². The molecule has 0 aromatic heterocycles. The Kier molecular flexibility index (Phi) is 4.43. The van der Waals surface area contributed by atoms with Gasteiger partial charge in [0.2, 0.25) is 0 Å². The smallest absolute Gasteiger partial charge is 0.0366 e. The standard InChI is InChI=1S/C15H24N2/c1-13(9-10-16)14-5-7-15(8-6-14)17-11-3-2-4-12-17/h5-8,13H,2-4,9-12,16H2,1H3. The molecule has 0 bridgehead atoms. The first-order valence-corrected chi connectivity index (χ1v) is 6.86. The Balaban J connectivity index is 2.01. The number of piperidine rings is 1. The molecular weight excluding hydrogens is 208 g/mol. The van der Waals surface area contributed by atoms with E-state index in [4.69, 9.17) is 5.73 Å². The van der Waals surface area contributed by atoms with Gasteiger partial charge in [0.15, 0.2) is 0 Å². The molecule has 17 heavy (non-hydrogen) atoms. The highest BCUT2D eigenvalue weighted by molar-refractivity contribution is 5.48. The van der Waals surface area contributed by atoms with E-state index < -0.39 is 0 Å². The average Bonchev–Trinajstić information content (AvgIpc) is 2.40. The van der Waals surface area contributed by atoms with Crippen LogP contribution in [0.15, 0.2) is 24.3 Å². The maximum Gasteiger partial charge on any atom is 0.0366 e. The number of benzene rings is 1. The van der Waals surface area contributed by atoms with Gasteiger partial charge in [-0.25, -0.2) is 0 Å². The summed E-state index contributed by atoms with van der Waals surface area (Å²) in [5.74, 6) is 0.579. The molecule has 1 aromatic carbocycles. The molecule has 1 atom stereocenters. The van der Waals surface area contributed by atoms with Crippen molar-refractivity contribution in [1.82, 2.24) is 0 Å². The molecule has 0 radical (unpaired) electrons. The van der Waals surface area contributed by atoms with Crippen molar-refractivity contribution in [1.29, 1.82) is 0 Å². The number of nitrogens with zero attached hydrogens (tertiary/aromatic N) is 1. The minimum absolute atomic E-state index is 0.579. The molecule has 1 aromatic rings. The summed E-state index contributed by atoms with van der Waals surface area (Å²) >= 11 is 0. The second-order valence-corrected chi connectivity index (χ2v) is 5.12. The van der Waals surface area contributed by atoms with Gasteiger partial charge in [-0.05, 0) is 55.8 Å². The van der Waals surface area contributed by atoms with Gasteiger partial charge < -0.3 is 10.6 Å². The first-order valence-electron chi connectivity index (χ1n) is 6.86. The summed E-state index contributed by atoms with van der Waals surface area (Å²) in [4.78, 5) is 2.50. The van der Waals surface area contributed by atoms with Crippen molar-refractivity contribution in [3.63, 3.8) is 0 Å². The molecule has 1 heterocycles. The third kappa shape index (κ3) is 3.22. The Morgan fingerprint density at radius 1 is 1.12 bits per heavy atom. The van der Waals surface area contributed by atoms with Crippen LogP contribution in [0.2, 0.25) is 0 Å². The van der Waals surface area contributed by atoms with Crippen LogP contribution in [0.25, 0.3) is 0 Å². The van der Waals surface area contributed by atoms with E-state index in [0.29, 0.717) is 5.92 Å². The molecule has 0 saturated carbocycles. The van der Waals surface area contributed by atoms with Gasteiger partial charge in [-0.2, -0.15) is 0 Å². The third-order valence-electron chi connectivity index (χ3n) is 3.78. The lowest BCUT2D eigenvalue weighted by atomic mass is 9.97. The predicted octanol–water partition coefficient (Wildman–Crippen LogP) is 3.13. The van der Waals surface area contributed by atoms with Crippen LogP contribution in [0.5, 0.6) is 0 Å². The van der Waals surface area contributed by atoms with Gasteiger partial charge in [-0.15, -0.1) is 0 Å². The van der Waals surface area contributed by atoms with Crippen molar-refractivity contribution in [2.24, 2.45) is 5.73 Å². The van der Waals surface area contributed by atoms with Gasteiger partial charge in [-0.1, -0.05) is 19.1 Å². The second-order valence-electron chi connectivity index (χ2n) is 5.12. The number of anilines is 1. The van der Waals surface area contributed by atoms with Crippen LogP contribution in [-0.4, -0.2) is 19.6 Å². The molecule has 2 N–H and O–H groups in total. The van der Waals surface area contributed by atoms with E-state index in [1.165, 1.54) is 43.6 Å². The Labute approximate surface area is 105 Å². The molecule has 0 aliphatic carbocycles. The van der Waals surface area contributed by atoms with E-state index in [0.717, 1.165) is 13.0 Å². The number of hydrogen-bond acceptors (Lipinski definition) is 2. The fourth-order valence-corrected chi connectivity index (χ4v) is 2.58. The summed E-state index contributed by atoms with van der Waals surface area (Å²) in [6.45, 7) is 5.47. The molecule has 1 fully saturated rings. The van der Waals surface area contributed by atoms with Crippen LogP contribution in [0.3, 0.4) is 0 Å². The monoisotopic (exact) mass is 232 g/mol. The highest BCUT2D eigenvalue weighted by Crippen LogP contribution is 2.24. The summed E-state index contributed by atoms with van der Waals surface area (Å²) in [5.41, 5.74) is 8.40. The summed E-state index contributed by atoms with van der Waals surface area (Å²) in [5, 5.41) is 0. The highest BCUT2D eigenvalue weighted by Gasteiger charge is 2.11. The lowest BCUT2D eigenvalue weighted by Gasteiger charge is -2.29. The zero-order valence-electron chi connectivity index (χ0n) is 10.9. The zero-order valence-corrected chi connectivity index (χ0v) is 10.9. The van der Waals surface area contributed by atoms with Gasteiger partial charge in [-0.3, -0.25) is 0 Å². The van der Waals surface area contributed by atoms with Gasteiger partial charge in [0, 0.05) is 18.8 Å². The lowest BCUT2D eigenvalue weighted by molar-refractivity contribution is 0.577. The maximum atomic E-state index is 5.61. The van der Waals surface area contributed by atoms with E-state index in [9.17, 15) is 0 Å². The van der Waals surface area contributed by atoms with E-state index in [1.54, 1.807) is 0 Å². The Morgan fingerprint density at radius 3 is 2.35 bits per heavy atom. The molecule has 94 valence electrons. The molecule has 2 rings (SSSR count). The summed E-state index contributed by atoms with van der Waals surface area (Å²) in [7, 11) is 0. The van der Waals surface area contributed by atoms with Crippen molar-refractivity contribution in [3.05, 3.63) is 29.8 Å². The van der Waals surface area contributed by atoms with E-state index in [-0.39, 0.29) is 0 Å². The molecule has 1 saturated heterocycles. The van der Waals surface area contributed by atoms with Crippen LogP contribution in [-0.2, 0) is 0 Å². The number of nitrogens with two attached hydrogens (primary N) is 1. The fourth-order valence-electron chi connectivity index (χ4n) is 2.58. The number of hydrogen-bond donors (Lipinski definition) is 1. The first kappa shape index (κ1) is 12.4. The first-order chi connectivity index (χ1) is 8.31. The van der Waals surface area contributed by atoms with Crippen LogP contribution in [0.1, 0.15) is 44.1 Å². The molecule has 1 aliphatic heterocycles. The highest BCUT2D eigenvalue weighted by atomic mass is 15.1. The van der Waals surface area contributed by atoms with Gasteiger partial charge in [0.1, 0.15) is 0 Å². The Hall–Kier alpha value is -1.02. The quantitative estimate of drug-likeness (QED) is 0.864. The largest absolute Gasteiger partial charge is 0.372 e. The van der Waals surface area contributed by atoms with Crippen molar-refractivity contribution in [2.45, 2.75) is 38.5 Å².